The normalized spacial score (nSPS) is 14.9. The standard InChI is InChI=1S/C10H16N2O3/c1-6-4-7(10(11)12-5-6)9(15)8(14)2-3-13/h4-5,8-9,13-15H,2-3H2,1H3,(H2,11,12). The van der Waals surface area contributed by atoms with Crippen molar-refractivity contribution in [3.63, 3.8) is 0 Å². The van der Waals surface area contributed by atoms with Crippen LogP contribution in [-0.4, -0.2) is 33.0 Å². The second-order valence-electron chi connectivity index (χ2n) is 3.51. The quantitative estimate of drug-likeness (QED) is 0.551. The fourth-order valence-electron chi connectivity index (χ4n) is 1.34. The van der Waals surface area contributed by atoms with Crippen LogP contribution in [0.5, 0.6) is 0 Å². The van der Waals surface area contributed by atoms with Crippen molar-refractivity contribution in [1.82, 2.24) is 4.98 Å². The van der Waals surface area contributed by atoms with Gasteiger partial charge in [-0.05, 0) is 25.0 Å². The number of aryl methyl sites for hydroxylation is 1. The number of aromatic nitrogens is 1. The van der Waals surface area contributed by atoms with E-state index in [4.69, 9.17) is 10.8 Å². The van der Waals surface area contributed by atoms with Gasteiger partial charge in [0.25, 0.3) is 0 Å². The molecule has 0 saturated carbocycles. The van der Waals surface area contributed by atoms with E-state index in [0.29, 0.717) is 5.56 Å². The third-order valence-electron chi connectivity index (χ3n) is 2.19. The molecular formula is C10H16N2O3. The maximum Gasteiger partial charge on any atom is 0.129 e. The van der Waals surface area contributed by atoms with Crippen molar-refractivity contribution < 1.29 is 15.3 Å². The van der Waals surface area contributed by atoms with Crippen molar-refractivity contribution >= 4 is 5.82 Å². The third kappa shape index (κ3) is 2.89. The van der Waals surface area contributed by atoms with Gasteiger partial charge in [0.05, 0.1) is 6.10 Å². The van der Waals surface area contributed by atoms with Crippen molar-refractivity contribution in [3.05, 3.63) is 23.4 Å². The molecule has 0 fully saturated rings. The minimum Gasteiger partial charge on any atom is -0.396 e. The predicted molar refractivity (Wildman–Crippen MR) is 56.1 cm³/mol. The summed E-state index contributed by atoms with van der Waals surface area (Å²) in [5, 5.41) is 27.9. The molecule has 0 aromatic carbocycles. The van der Waals surface area contributed by atoms with Gasteiger partial charge in [-0.2, -0.15) is 0 Å². The average Bonchev–Trinajstić information content (AvgIpc) is 2.21. The monoisotopic (exact) mass is 212 g/mol. The zero-order chi connectivity index (χ0) is 11.4. The number of nitrogens with zero attached hydrogens (tertiary/aromatic N) is 1. The Hall–Kier alpha value is -1.17. The number of aliphatic hydroxyl groups is 3. The zero-order valence-electron chi connectivity index (χ0n) is 8.59. The molecule has 0 saturated heterocycles. The lowest BCUT2D eigenvalue weighted by Gasteiger charge is -2.18. The Morgan fingerprint density at radius 1 is 1.47 bits per heavy atom. The van der Waals surface area contributed by atoms with Gasteiger partial charge in [0, 0.05) is 18.4 Å². The summed E-state index contributed by atoms with van der Waals surface area (Å²) in [7, 11) is 0. The van der Waals surface area contributed by atoms with E-state index in [1.807, 2.05) is 6.92 Å². The minimum atomic E-state index is -1.11. The first-order valence-electron chi connectivity index (χ1n) is 4.75. The van der Waals surface area contributed by atoms with E-state index < -0.39 is 12.2 Å². The number of anilines is 1. The van der Waals surface area contributed by atoms with Gasteiger partial charge < -0.3 is 21.1 Å². The summed E-state index contributed by atoms with van der Waals surface area (Å²) in [6, 6.07) is 1.67. The lowest BCUT2D eigenvalue weighted by Crippen LogP contribution is -2.21. The molecule has 84 valence electrons. The van der Waals surface area contributed by atoms with Crippen LogP contribution in [0.3, 0.4) is 0 Å². The fraction of sp³-hybridized carbons (Fsp3) is 0.500. The van der Waals surface area contributed by atoms with Gasteiger partial charge in [-0.3, -0.25) is 0 Å². The first kappa shape index (κ1) is 11.9. The molecule has 15 heavy (non-hydrogen) atoms. The number of hydrogen-bond acceptors (Lipinski definition) is 5. The van der Waals surface area contributed by atoms with Crippen LogP contribution in [0.1, 0.15) is 23.7 Å². The first-order chi connectivity index (χ1) is 7.06. The Morgan fingerprint density at radius 3 is 2.73 bits per heavy atom. The highest BCUT2D eigenvalue weighted by Crippen LogP contribution is 2.23. The Kier molecular flexibility index (Phi) is 4.02. The molecular weight excluding hydrogens is 196 g/mol. The van der Waals surface area contributed by atoms with Gasteiger partial charge in [0.2, 0.25) is 0 Å². The number of aliphatic hydroxyl groups excluding tert-OH is 3. The Balaban J connectivity index is 2.89. The van der Waals surface area contributed by atoms with Crippen LogP contribution in [0.2, 0.25) is 0 Å². The van der Waals surface area contributed by atoms with E-state index in [1.54, 1.807) is 12.3 Å². The highest BCUT2D eigenvalue weighted by atomic mass is 16.3. The summed E-state index contributed by atoms with van der Waals surface area (Å²) >= 11 is 0. The number of pyridine rings is 1. The molecule has 2 atom stereocenters. The molecule has 0 aliphatic carbocycles. The minimum absolute atomic E-state index is 0.106. The highest BCUT2D eigenvalue weighted by molar-refractivity contribution is 5.42. The molecule has 1 aromatic heterocycles. The van der Waals surface area contributed by atoms with Crippen molar-refractivity contribution in [2.24, 2.45) is 0 Å². The second kappa shape index (κ2) is 5.06. The molecule has 0 aliphatic rings. The van der Waals surface area contributed by atoms with Gasteiger partial charge in [-0.25, -0.2) is 4.98 Å². The Bertz CT molecular complexity index is 330. The van der Waals surface area contributed by atoms with E-state index >= 15 is 0 Å². The highest BCUT2D eigenvalue weighted by Gasteiger charge is 2.20. The summed E-state index contributed by atoms with van der Waals surface area (Å²) in [5.41, 5.74) is 6.83. The van der Waals surface area contributed by atoms with Crippen molar-refractivity contribution in [2.45, 2.75) is 25.6 Å². The summed E-state index contributed by atoms with van der Waals surface area (Å²) < 4.78 is 0. The molecule has 2 unspecified atom stereocenters. The average molecular weight is 212 g/mol. The topological polar surface area (TPSA) is 99.6 Å². The Morgan fingerprint density at radius 2 is 2.13 bits per heavy atom. The van der Waals surface area contributed by atoms with Gasteiger partial charge in [-0.15, -0.1) is 0 Å². The van der Waals surface area contributed by atoms with Crippen molar-refractivity contribution in [1.29, 1.82) is 0 Å². The fourth-order valence-corrected chi connectivity index (χ4v) is 1.34. The maximum absolute atomic E-state index is 9.74. The maximum atomic E-state index is 9.74. The smallest absolute Gasteiger partial charge is 0.129 e. The molecule has 0 spiro atoms. The van der Waals surface area contributed by atoms with E-state index in [-0.39, 0.29) is 18.8 Å². The van der Waals surface area contributed by atoms with E-state index in [0.717, 1.165) is 5.56 Å². The summed E-state index contributed by atoms with van der Waals surface area (Å²) in [6.45, 7) is 1.64. The SMILES string of the molecule is Cc1cnc(N)c(C(O)C(O)CCO)c1. The molecule has 5 nitrogen and oxygen atoms in total. The third-order valence-corrected chi connectivity index (χ3v) is 2.19. The second-order valence-corrected chi connectivity index (χ2v) is 3.51. The van der Waals surface area contributed by atoms with Crippen LogP contribution in [0, 0.1) is 6.92 Å². The molecule has 1 aromatic rings. The number of nitrogens with two attached hydrogens (primary N) is 1. The molecule has 0 bridgehead atoms. The molecule has 1 heterocycles. The largest absolute Gasteiger partial charge is 0.396 e. The molecule has 0 amide bonds. The van der Waals surface area contributed by atoms with Crippen LogP contribution in [0.15, 0.2) is 12.3 Å². The van der Waals surface area contributed by atoms with Crippen molar-refractivity contribution in [3.8, 4) is 0 Å². The van der Waals surface area contributed by atoms with Gasteiger partial charge >= 0.3 is 0 Å². The van der Waals surface area contributed by atoms with Gasteiger partial charge in [-0.1, -0.05) is 0 Å². The zero-order valence-corrected chi connectivity index (χ0v) is 8.59. The van der Waals surface area contributed by atoms with Gasteiger partial charge in [0.1, 0.15) is 11.9 Å². The molecule has 5 N–H and O–H groups in total. The lowest BCUT2D eigenvalue weighted by atomic mass is 10.0. The number of hydrogen-bond donors (Lipinski definition) is 4. The van der Waals surface area contributed by atoms with E-state index in [9.17, 15) is 10.2 Å². The van der Waals surface area contributed by atoms with Crippen LogP contribution in [0.25, 0.3) is 0 Å². The molecule has 1 rings (SSSR count). The van der Waals surface area contributed by atoms with E-state index in [2.05, 4.69) is 4.98 Å². The predicted octanol–water partition coefficient (Wildman–Crippen LogP) is -0.251. The first-order valence-corrected chi connectivity index (χ1v) is 4.75. The van der Waals surface area contributed by atoms with Gasteiger partial charge in [0.15, 0.2) is 0 Å². The number of nitrogen functional groups attached to an aromatic ring is 1. The lowest BCUT2D eigenvalue weighted by molar-refractivity contribution is 0.00444. The Labute approximate surface area is 88.2 Å². The summed E-state index contributed by atoms with van der Waals surface area (Å²) in [4.78, 5) is 3.89. The molecule has 0 aliphatic heterocycles. The number of rotatable bonds is 4. The molecule has 0 radical (unpaired) electrons. The van der Waals surface area contributed by atoms with Crippen LogP contribution in [-0.2, 0) is 0 Å². The molecule has 5 heteroatoms. The van der Waals surface area contributed by atoms with Crippen LogP contribution < -0.4 is 5.73 Å². The summed E-state index contributed by atoms with van der Waals surface area (Å²) in [5.74, 6) is 0.199. The van der Waals surface area contributed by atoms with Crippen molar-refractivity contribution in [2.75, 3.05) is 12.3 Å². The van der Waals surface area contributed by atoms with E-state index in [1.165, 1.54) is 0 Å². The van der Waals surface area contributed by atoms with Crippen LogP contribution in [0.4, 0.5) is 5.82 Å². The summed E-state index contributed by atoms with van der Waals surface area (Å²) in [6.07, 6.45) is -0.441. The van der Waals surface area contributed by atoms with Crippen LogP contribution >= 0.6 is 0 Å².